The fourth-order valence-electron chi connectivity index (χ4n) is 3.58. The molecule has 2 aromatic carbocycles. The van der Waals surface area contributed by atoms with Crippen LogP contribution < -0.4 is 11.1 Å². The van der Waals surface area contributed by atoms with Gasteiger partial charge in [0.1, 0.15) is 5.82 Å². The van der Waals surface area contributed by atoms with Gasteiger partial charge < -0.3 is 4.57 Å². The van der Waals surface area contributed by atoms with Crippen LogP contribution >= 0.6 is 11.6 Å². The average Bonchev–Trinajstić information content (AvgIpc) is 3.10. The van der Waals surface area contributed by atoms with Gasteiger partial charge in [-0.25, -0.2) is 9.07 Å². The van der Waals surface area contributed by atoms with E-state index in [1.165, 1.54) is 45.8 Å². The summed E-state index contributed by atoms with van der Waals surface area (Å²) >= 11 is 6.28. The summed E-state index contributed by atoms with van der Waals surface area (Å²) in [6.07, 6.45) is 2.98. The number of allylic oxidation sites excluding steroid dienone is 2. The van der Waals surface area contributed by atoms with E-state index < -0.39 is 16.9 Å². The number of H-pyrrole nitrogens is 1. The van der Waals surface area contributed by atoms with Gasteiger partial charge in [0.2, 0.25) is 0 Å². The Morgan fingerprint density at radius 3 is 2.56 bits per heavy atom. The molecule has 4 rings (SSSR count). The van der Waals surface area contributed by atoms with Crippen molar-refractivity contribution >= 4 is 29.2 Å². The molecule has 0 atom stereocenters. The SMILES string of the molecule is C=C/C(=C\N=C)Cn1c(-c2ccccc2F)c2c(=O)n(-c3ccccc3Cl)[nH]c2cc1=O. The van der Waals surface area contributed by atoms with Crippen molar-refractivity contribution in [3.8, 4) is 16.9 Å². The summed E-state index contributed by atoms with van der Waals surface area (Å²) in [6, 6.07) is 14.1. The molecule has 0 bridgehead atoms. The van der Waals surface area contributed by atoms with Gasteiger partial charge >= 0.3 is 0 Å². The summed E-state index contributed by atoms with van der Waals surface area (Å²) in [6.45, 7) is 7.18. The van der Waals surface area contributed by atoms with Crippen LogP contribution in [0.3, 0.4) is 0 Å². The Morgan fingerprint density at radius 1 is 1.16 bits per heavy atom. The van der Waals surface area contributed by atoms with Crippen LogP contribution in [0.4, 0.5) is 4.39 Å². The molecular weight excluding hydrogens is 431 g/mol. The lowest BCUT2D eigenvalue weighted by Gasteiger charge is -2.14. The maximum atomic E-state index is 14.9. The number of aromatic amines is 1. The smallest absolute Gasteiger partial charge is 0.281 e. The van der Waals surface area contributed by atoms with Gasteiger partial charge in [-0.15, -0.1) is 0 Å². The molecule has 0 saturated heterocycles. The number of nitrogens with one attached hydrogen (secondary N) is 1. The van der Waals surface area contributed by atoms with Crippen molar-refractivity contribution < 1.29 is 4.39 Å². The van der Waals surface area contributed by atoms with Crippen LogP contribution in [-0.4, -0.2) is 21.1 Å². The first-order valence-corrected chi connectivity index (χ1v) is 9.99. The molecule has 0 unspecified atom stereocenters. The minimum Gasteiger partial charge on any atom is -0.303 e. The number of pyridine rings is 1. The summed E-state index contributed by atoms with van der Waals surface area (Å²) < 4.78 is 17.5. The summed E-state index contributed by atoms with van der Waals surface area (Å²) in [4.78, 5) is 30.3. The van der Waals surface area contributed by atoms with Gasteiger partial charge in [-0.05, 0) is 36.6 Å². The third-order valence-electron chi connectivity index (χ3n) is 5.04. The molecule has 32 heavy (non-hydrogen) atoms. The topological polar surface area (TPSA) is 72.2 Å². The van der Waals surface area contributed by atoms with E-state index in [-0.39, 0.29) is 28.7 Å². The third-order valence-corrected chi connectivity index (χ3v) is 5.36. The molecule has 0 radical (unpaired) electrons. The Balaban J connectivity index is 2.13. The normalized spacial score (nSPS) is 11.6. The number of rotatable bonds is 6. The second-order valence-electron chi connectivity index (χ2n) is 6.98. The molecule has 0 amide bonds. The Kier molecular flexibility index (Phi) is 5.75. The molecule has 4 aromatic rings. The van der Waals surface area contributed by atoms with Crippen LogP contribution in [0.1, 0.15) is 0 Å². The second-order valence-corrected chi connectivity index (χ2v) is 7.39. The van der Waals surface area contributed by atoms with E-state index in [4.69, 9.17) is 11.6 Å². The van der Waals surface area contributed by atoms with Crippen LogP contribution in [0.5, 0.6) is 0 Å². The molecule has 8 heteroatoms. The Hall–Kier alpha value is -3.97. The molecule has 0 saturated carbocycles. The van der Waals surface area contributed by atoms with E-state index in [1.54, 1.807) is 30.3 Å². The first kappa shape index (κ1) is 21.3. The molecule has 0 aliphatic rings. The largest absolute Gasteiger partial charge is 0.303 e. The summed E-state index contributed by atoms with van der Waals surface area (Å²) in [7, 11) is 0. The second kappa shape index (κ2) is 8.64. The summed E-state index contributed by atoms with van der Waals surface area (Å²) in [5.74, 6) is -0.566. The zero-order valence-corrected chi connectivity index (χ0v) is 17.6. The number of benzene rings is 2. The van der Waals surface area contributed by atoms with Crippen molar-refractivity contribution in [2.75, 3.05) is 0 Å². The molecule has 0 aliphatic heterocycles. The van der Waals surface area contributed by atoms with Gasteiger partial charge in [0, 0.05) is 17.8 Å². The number of halogens is 2. The minimum atomic E-state index is -0.566. The Morgan fingerprint density at radius 2 is 1.88 bits per heavy atom. The van der Waals surface area contributed by atoms with Crippen LogP contribution in [-0.2, 0) is 6.54 Å². The highest BCUT2D eigenvalue weighted by atomic mass is 35.5. The van der Waals surface area contributed by atoms with Gasteiger partial charge in [0.25, 0.3) is 11.1 Å². The van der Waals surface area contributed by atoms with Gasteiger partial charge in [0.05, 0.1) is 33.9 Å². The maximum absolute atomic E-state index is 14.9. The molecule has 6 nitrogen and oxygen atoms in total. The van der Waals surface area contributed by atoms with E-state index in [0.29, 0.717) is 16.3 Å². The standard InChI is InChI=1S/C24H18ClFN4O2/c1-3-15(13-27-2)14-29-21(31)12-19-22(23(29)16-8-4-6-10-18(16)26)24(32)30(28-19)20-11-7-5-9-17(20)25/h3-13,28H,1-2,14H2/b15-13+. The number of hydrogen-bond acceptors (Lipinski definition) is 3. The maximum Gasteiger partial charge on any atom is 0.281 e. The number of nitrogens with zero attached hydrogens (tertiary/aromatic N) is 3. The predicted molar refractivity (Wildman–Crippen MR) is 126 cm³/mol. The summed E-state index contributed by atoms with van der Waals surface area (Å²) in [5.41, 5.74) is 0.617. The number of aromatic nitrogens is 3. The molecular formula is C24H18ClFN4O2. The molecule has 0 aliphatic carbocycles. The highest BCUT2D eigenvalue weighted by molar-refractivity contribution is 6.32. The van der Waals surface area contributed by atoms with Crippen molar-refractivity contribution in [2.24, 2.45) is 4.99 Å². The van der Waals surface area contributed by atoms with Crippen LogP contribution in [0, 0.1) is 5.82 Å². The first-order chi connectivity index (χ1) is 15.5. The molecule has 0 spiro atoms. The van der Waals surface area contributed by atoms with E-state index in [1.807, 2.05) is 0 Å². The minimum absolute atomic E-state index is 0.0255. The molecule has 2 heterocycles. The lowest BCUT2D eigenvalue weighted by Crippen LogP contribution is -2.24. The highest BCUT2D eigenvalue weighted by Crippen LogP contribution is 2.29. The van der Waals surface area contributed by atoms with Gasteiger partial charge in [-0.2, -0.15) is 0 Å². The van der Waals surface area contributed by atoms with Gasteiger partial charge in [0.15, 0.2) is 0 Å². The van der Waals surface area contributed by atoms with Crippen molar-refractivity contribution in [2.45, 2.75) is 6.54 Å². The quantitative estimate of drug-likeness (QED) is 0.342. The van der Waals surface area contributed by atoms with Crippen molar-refractivity contribution in [1.82, 2.24) is 14.3 Å². The predicted octanol–water partition coefficient (Wildman–Crippen LogP) is 4.71. The molecule has 1 N–H and O–H groups in total. The average molecular weight is 449 g/mol. The monoisotopic (exact) mass is 448 g/mol. The Bertz CT molecular complexity index is 1510. The molecule has 0 fully saturated rings. The van der Waals surface area contributed by atoms with E-state index >= 15 is 0 Å². The van der Waals surface area contributed by atoms with Crippen LogP contribution in [0.25, 0.3) is 27.8 Å². The number of para-hydroxylation sites is 1. The van der Waals surface area contributed by atoms with Crippen LogP contribution in [0.2, 0.25) is 5.02 Å². The zero-order valence-electron chi connectivity index (χ0n) is 16.9. The zero-order chi connectivity index (χ0) is 22.8. The Labute approximate surface area is 187 Å². The van der Waals surface area contributed by atoms with E-state index in [9.17, 15) is 14.0 Å². The fourth-order valence-corrected chi connectivity index (χ4v) is 3.81. The number of fused-ring (bicyclic) bond motifs is 1. The van der Waals surface area contributed by atoms with E-state index in [2.05, 4.69) is 23.4 Å². The number of aliphatic imine (C=N–C) groups is 1. The first-order valence-electron chi connectivity index (χ1n) is 9.62. The highest BCUT2D eigenvalue weighted by Gasteiger charge is 2.22. The van der Waals surface area contributed by atoms with Crippen LogP contribution in [0.15, 0.2) is 93.6 Å². The van der Waals surface area contributed by atoms with Crippen molar-refractivity contribution in [1.29, 1.82) is 0 Å². The van der Waals surface area contributed by atoms with Gasteiger partial charge in [-0.3, -0.25) is 19.7 Å². The van der Waals surface area contributed by atoms with Crippen molar-refractivity contribution in [3.63, 3.8) is 0 Å². The lowest BCUT2D eigenvalue weighted by molar-refractivity contribution is 0.628. The van der Waals surface area contributed by atoms with Gasteiger partial charge in [-0.1, -0.05) is 48.5 Å². The molecule has 2 aromatic heterocycles. The number of hydrogen-bond donors (Lipinski definition) is 1. The van der Waals surface area contributed by atoms with E-state index in [0.717, 1.165) is 0 Å². The van der Waals surface area contributed by atoms with Crippen molar-refractivity contribution in [3.05, 3.63) is 111 Å². The summed E-state index contributed by atoms with van der Waals surface area (Å²) in [5, 5.41) is 3.43. The lowest BCUT2D eigenvalue weighted by atomic mass is 10.1. The molecule has 160 valence electrons. The fraction of sp³-hybridized carbons (Fsp3) is 0.0417. The third kappa shape index (κ3) is 3.63.